The third-order valence-electron chi connectivity index (χ3n) is 3.81. The van der Waals surface area contributed by atoms with Gasteiger partial charge in [-0.3, -0.25) is 0 Å². The summed E-state index contributed by atoms with van der Waals surface area (Å²) in [6, 6.07) is 0. The lowest BCUT2D eigenvalue weighted by molar-refractivity contribution is -0.0617. The number of rotatable bonds is 7. The molecule has 0 amide bonds. The fourth-order valence-corrected chi connectivity index (χ4v) is 2.55. The molecule has 2 N–H and O–H groups in total. The summed E-state index contributed by atoms with van der Waals surface area (Å²) in [6.07, 6.45) is 3.06. The summed E-state index contributed by atoms with van der Waals surface area (Å²) in [4.78, 5) is 0. The predicted molar refractivity (Wildman–Crippen MR) is 80.3 cm³/mol. The van der Waals surface area contributed by atoms with Crippen LogP contribution in [0, 0.1) is 6.92 Å². The Bertz CT molecular complexity index is 479. The first-order chi connectivity index (χ1) is 10.1. The zero-order valence-corrected chi connectivity index (χ0v) is 12.9. The molecule has 0 aromatic carbocycles. The summed E-state index contributed by atoms with van der Waals surface area (Å²) < 4.78 is 12.7. The van der Waals surface area contributed by atoms with Crippen LogP contribution in [0.25, 0.3) is 0 Å². The van der Waals surface area contributed by atoms with Crippen molar-refractivity contribution in [2.75, 3.05) is 26.4 Å². The van der Waals surface area contributed by atoms with Gasteiger partial charge in [0.25, 0.3) is 0 Å². The molecule has 118 valence electrons. The highest BCUT2D eigenvalue weighted by Gasteiger charge is 2.29. The summed E-state index contributed by atoms with van der Waals surface area (Å²) >= 11 is 0. The molecule has 2 rings (SSSR count). The third kappa shape index (κ3) is 4.06. The average molecular weight is 295 g/mol. The molecule has 1 aliphatic heterocycles. The van der Waals surface area contributed by atoms with Crippen molar-refractivity contribution in [1.29, 1.82) is 0 Å². The van der Waals surface area contributed by atoms with E-state index in [2.05, 4.69) is 17.0 Å². The van der Waals surface area contributed by atoms with E-state index in [-0.39, 0.29) is 0 Å². The van der Waals surface area contributed by atoms with Gasteiger partial charge in [0, 0.05) is 46.2 Å². The molecule has 0 unspecified atom stereocenters. The maximum absolute atomic E-state index is 10.4. The molecule has 2 heterocycles. The smallest absolute Gasteiger partial charge is 0.216 e. The van der Waals surface area contributed by atoms with Gasteiger partial charge in [0.15, 0.2) is 0 Å². The number of aliphatic hydroxyl groups is 1. The zero-order valence-electron chi connectivity index (χ0n) is 12.9. The van der Waals surface area contributed by atoms with Crippen LogP contribution < -0.4 is 10.1 Å². The van der Waals surface area contributed by atoms with Crippen molar-refractivity contribution in [1.82, 2.24) is 15.1 Å². The molecule has 1 saturated heterocycles. The van der Waals surface area contributed by atoms with Gasteiger partial charge < -0.3 is 19.9 Å². The molecule has 6 heteroatoms. The molecule has 21 heavy (non-hydrogen) atoms. The SMILES string of the molecule is C=CCOc1c(CNCC2(O)CCOCC2)c(C)nn1C. The van der Waals surface area contributed by atoms with Crippen LogP contribution in [0.1, 0.15) is 24.1 Å². The van der Waals surface area contributed by atoms with E-state index in [9.17, 15) is 5.11 Å². The Morgan fingerprint density at radius 1 is 1.52 bits per heavy atom. The van der Waals surface area contributed by atoms with Gasteiger partial charge in [-0.2, -0.15) is 5.10 Å². The first kappa shape index (κ1) is 16.0. The van der Waals surface area contributed by atoms with Crippen molar-refractivity contribution in [2.24, 2.45) is 7.05 Å². The Kier molecular flexibility index (Phi) is 5.39. The van der Waals surface area contributed by atoms with Crippen LogP contribution in [0.3, 0.4) is 0 Å². The van der Waals surface area contributed by atoms with Gasteiger partial charge in [0.2, 0.25) is 5.88 Å². The van der Waals surface area contributed by atoms with Crippen LogP contribution in [0.2, 0.25) is 0 Å². The number of aromatic nitrogens is 2. The molecule has 0 bridgehead atoms. The molecule has 1 aromatic rings. The van der Waals surface area contributed by atoms with E-state index < -0.39 is 5.60 Å². The van der Waals surface area contributed by atoms with Gasteiger partial charge in [-0.15, -0.1) is 0 Å². The second kappa shape index (κ2) is 7.06. The van der Waals surface area contributed by atoms with Crippen molar-refractivity contribution in [3.8, 4) is 5.88 Å². The lowest BCUT2D eigenvalue weighted by Crippen LogP contribution is -2.44. The van der Waals surface area contributed by atoms with Crippen LogP contribution in [0.5, 0.6) is 5.88 Å². The first-order valence-corrected chi connectivity index (χ1v) is 7.33. The summed E-state index contributed by atoms with van der Waals surface area (Å²) in [7, 11) is 1.86. The van der Waals surface area contributed by atoms with E-state index in [4.69, 9.17) is 9.47 Å². The maximum atomic E-state index is 10.4. The standard InChI is InChI=1S/C15H25N3O3/c1-4-7-21-14-13(12(2)17-18(14)3)10-16-11-15(19)5-8-20-9-6-15/h4,16,19H,1,5-11H2,2-3H3. The van der Waals surface area contributed by atoms with E-state index >= 15 is 0 Å². The quantitative estimate of drug-likeness (QED) is 0.732. The van der Waals surface area contributed by atoms with Gasteiger partial charge in [-0.25, -0.2) is 4.68 Å². The first-order valence-electron chi connectivity index (χ1n) is 7.33. The van der Waals surface area contributed by atoms with Crippen LogP contribution >= 0.6 is 0 Å². The van der Waals surface area contributed by atoms with E-state index in [1.807, 2.05) is 14.0 Å². The highest BCUT2D eigenvalue weighted by atomic mass is 16.5. The maximum Gasteiger partial charge on any atom is 0.216 e. The third-order valence-corrected chi connectivity index (χ3v) is 3.81. The minimum absolute atomic E-state index is 0.452. The second-order valence-electron chi connectivity index (χ2n) is 5.53. The highest BCUT2D eigenvalue weighted by molar-refractivity contribution is 5.31. The predicted octanol–water partition coefficient (Wildman–Crippen LogP) is 0.924. The number of nitrogens with zero attached hydrogens (tertiary/aromatic N) is 2. The fraction of sp³-hybridized carbons (Fsp3) is 0.667. The number of nitrogens with one attached hydrogen (secondary N) is 1. The van der Waals surface area contributed by atoms with E-state index in [1.54, 1.807) is 10.8 Å². The molecule has 1 fully saturated rings. The van der Waals surface area contributed by atoms with Gasteiger partial charge in [0.05, 0.1) is 16.9 Å². The highest BCUT2D eigenvalue weighted by Crippen LogP contribution is 2.23. The number of ether oxygens (including phenoxy) is 2. The molecule has 0 radical (unpaired) electrons. The summed E-state index contributed by atoms with van der Waals surface area (Å²) in [6.45, 7) is 8.48. The Morgan fingerprint density at radius 3 is 2.90 bits per heavy atom. The van der Waals surface area contributed by atoms with Gasteiger partial charge in [-0.05, 0) is 6.92 Å². The second-order valence-corrected chi connectivity index (χ2v) is 5.53. The summed E-state index contributed by atoms with van der Waals surface area (Å²) in [5, 5.41) is 18.1. The van der Waals surface area contributed by atoms with Gasteiger partial charge in [0.1, 0.15) is 6.61 Å². The monoisotopic (exact) mass is 295 g/mol. The molecule has 0 atom stereocenters. The van der Waals surface area contributed by atoms with Crippen molar-refractivity contribution in [3.05, 3.63) is 23.9 Å². The molecular formula is C15H25N3O3. The summed E-state index contributed by atoms with van der Waals surface area (Å²) in [5.41, 5.74) is 1.29. The Balaban J connectivity index is 1.94. The van der Waals surface area contributed by atoms with E-state index in [1.165, 1.54) is 0 Å². The van der Waals surface area contributed by atoms with Crippen molar-refractivity contribution in [3.63, 3.8) is 0 Å². The molecule has 0 spiro atoms. The molecule has 1 aliphatic rings. The molecule has 0 aliphatic carbocycles. The zero-order chi connectivity index (χ0) is 15.3. The number of hydrogen-bond donors (Lipinski definition) is 2. The normalized spacial score (nSPS) is 17.7. The van der Waals surface area contributed by atoms with Crippen LogP contribution in [0.4, 0.5) is 0 Å². The Hall–Kier alpha value is -1.37. The van der Waals surface area contributed by atoms with Crippen molar-refractivity contribution >= 4 is 0 Å². The fourth-order valence-electron chi connectivity index (χ4n) is 2.55. The minimum atomic E-state index is -0.670. The van der Waals surface area contributed by atoms with Crippen molar-refractivity contribution < 1.29 is 14.6 Å². The van der Waals surface area contributed by atoms with Crippen LogP contribution in [-0.4, -0.2) is 46.9 Å². The van der Waals surface area contributed by atoms with Crippen LogP contribution in [0.15, 0.2) is 12.7 Å². The minimum Gasteiger partial charge on any atom is -0.473 e. The Morgan fingerprint density at radius 2 is 2.24 bits per heavy atom. The van der Waals surface area contributed by atoms with E-state index in [0.717, 1.165) is 17.1 Å². The van der Waals surface area contributed by atoms with Crippen LogP contribution in [-0.2, 0) is 18.3 Å². The van der Waals surface area contributed by atoms with Gasteiger partial charge >= 0.3 is 0 Å². The number of aryl methyl sites for hydroxylation is 2. The lowest BCUT2D eigenvalue weighted by Gasteiger charge is -2.32. The summed E-state index contributed by atoms with van der Waals surface area (Å²) in [5.74, 6) is 0.749. The topological polar surface area (TPSA) is 68.5 Å². The lowest BCUT2D eigenvalue weighted by atomic mass is 9.94. The van der Waals surface area contributed by atoms with Crippen molar-refractivity contribution in [2.45, 2.75) is 31.9 Å². The molecule has 1 aromatic heterocycles. The molecule has 0 saturated carbocycles. The largest absolute Gasteiger partial charge is 0.473 e. The van der Waals surface area contributed by atoms with Gasteiger partial charge in [-0.1, -0.05) is 12.7 Å². The number of hydrogen-bond acceptors (Lipinski definition) is 5. The van der Waals surface area contributed by atoms with E-state index in [0.29, 0.717) is 45.8 Å². The molecule has 6 nitrogen and oxygen atoms in total. The average Bonchev–Trinajstić information content (AvgIpc) is 2.72. The Labute approximate surface area is 125 Å². The molecular weight excluding hydrogens is 270 g/mol.